The van der Waals surface area contributed by atoms with Gasteiger partial charge in [-0.2, -0.15) is 0 Å². The normalized spacial score (nSPS) is 22.5. The highest BCUT2D eigenvalue weighted by molar-refractivity contribution is 6.31. The number of likely N-dealkylation sites (N-methyl/N-ethyl adjacent to an activating group) is 1. The van der Waals surface area contributed by atoms with E-state index in [1.54, 1.807) is 14.2 Å². The molecule has 14 nitrogen and oxygen atoms in total. The molecule has 6 aromatic rings. The third kappa shape index (κ3) is 3.66. The summed E-state index contributed by atoms with van der Waals surface area (Å²) in [7, 11) is 3.12. The largest absolute Gasteiger partial charge is 0.374 e. The van der Waals surface area contributed by atoms with Gasteiger partial charge in [-0.15, -0.1) is 0 Å². The van der Waals surface area contributed by atoms with Gasteiger partial charge in [0, 0.05) is 60.8 Å². The monoisotopic (exact) mass is 660 g/mol. The molecule has 0 unspecified atom stereocenters. The van der Waals surface area contributed by atoms with Crippen LogP contribution in [-0.2, 0) is 21.7 Å². The number of aromatic nitrogens is 2. The van der Waals surface area contributed by atoms with Gasteiger partial charge in [-0.3, -0.25) is 29.8 Å². The van der Waals surface area contributed by atoms with Crippen molar-refractivity contribution in [2.45, 2.75) is 44.0 Å². The van der Waals surface area contributed by atoms with Crippen LogP contribution in [0.25, 0.3) is 43.6 Å². The minimum absolute atomic E-state index is 0.139. The molecule has 0 saturated carbocycles. The maximum atomic E-state index is 14.2. The first-order valence-corrected chi connectivity index (χ1v) is 15.8. The van der Waals surface area contributed by atoms with Crippen molar-refractivity contribution in [3.05, 3.63) is 104 Å². The van der Waals surface area contributed by atoms with Crippen LogP contribution in [0.2, 0.25) is 0 Å². The number of nitro benzene ring substituents is 2. The fourth-order valence-corrected chi connectivity index (χ4v) is 8.68. The third-order valence-corrected chi connectivity index (χ3v) is 10.6. The van der Waals surface area contributed by atoms with Gasteiger partial charge in [-0.05, 0) is 24.6 Å². The molecule has 2 bridgehead atoms. The lowest BCUT2D eigenvalue weighted by atomic mass is 9.91. The van der Waals surface area contributed by atoms with Crippen LogP contribution in [0, 0.1) is 20.2 Å². The zero-order chi connectivity index (χ0) is 34.1. The third-order valence-electron chi connectivity index (χ3n) is 10.6. The maximum absolute atomic E-state index is 14.2. The van der Waals surface area contributed by atoms with E-state index in [0.29, 0.717) is 12.1 Å². The molecule has 2 amide bonds. The zero-order valence-electron chi connectivity index (χ0n) is 26.5. The van der Waals surface area contributed by atoms with E-state index in [-0.39, 0.29) is 17.9 Å². The zero-order valence-corrected chi connectivity index (χ0v) is 26.5. The number of nitrogens with zero attached hydrogens (tertiary/aromatic N) is 5. The molecule has 1 saturated heterocycles. The van der Waals surface area contributed by atoms with Crippen LogP contribution in [0.3, 0.4) is 0 Å². The van der Waals surface area contributed by atoms with E-state index in [0.717, 1.165) is 67.4 Å². The Balaban J connectivity index is 1.33. The average Bonchev–Trinajstić information content (AvgIpc) is 3.74. The molecule has 3 aliphatic heterocycles. The number of ether oxygens (including phenoxy) is 2. The molecule has 4 aromatic carbocycles. The quantitative estimate of drug-likeness (QED) is 0.181. The van der Waals surface area contributed by atoms with E-state index in [4.69, 9.17) is 9.47 Å². The van der Waals surface area contributed by atoms with E-state index < -0.39 is 51.2 Å². The van der Waals surface area contributed by atoms with Gasteiger partial charge in [0.15, 0.2) is 5.72 Å². The molecular weight excluding hydrogens is 632 g/mol. The molecule has 246 valence electrons. The van der Waals surface area contributed by atoms with Crippen molar-refractivity contribution < 1.29 is 28.9 Å². The number of rotatable bonds is 5. The van der Waals surface area contributed by atoms with Crippen molar-refractivity contribution in [3.8, 4) is 0 Å². The van der Waals surface area contributed by atoms with Gasteiger partial charge in [0.25, 0.3) is 23.2 Å². The number of nitrogens with one attached hydrogen (secondary N) is 1. The summed E-state index contributed by atoms with van der Waals surface area (Å²) >= 11 is 0. The van der Waals surface area contributed by atoms with E-state index in [1.807, 2.05) is 55.5 Å². The SMILES string of the molecule is CO[C@H]1[C@@H](N(C)C(=O)c2cc([N+](=O)[O-])cc([N+](=O)[O-])c2)C[C@@H]2O[C@@]1(C)n1c3ccccc3c3c4c(c5c6ccccc6n2c5c31)C(=O)NC4. The van der Waals surface area contributed by atoms with E-state index >= 15 is 0 Å². The summed E-state index contributed by atoms with van der Waals surface area (Å²) in [5.41, 5.74) is 2.48. The summed E-state index contributed by atoms with van der Waals surface area (Å²) < 4.78 is 17.7. The second-order valence-corrected chi connectivity index (χ2v) is 13.0. The second-order valence-electron chi connectivity index (χ2n) is 13.0. The number of hydrogen-bond donors (Lipinski definition) is 1. The summed E-state index contributed by atoms with van der Waals surface area (Å²) in [4.78, 5) is 51.0. The van der Waals surface area contributed by atoms with Crippen LogP contribution < -0.4 is 5.32 Å². The minimum Gasteiger partial charge on any atom is -0.374 e. The summed E-state index contributed by atoms with van der Waals surface area (Å²) in [6, 6.07) is 18.1. The van der Waals surface area contributed by atoms with Gasteiger partial charge in [0.1, 0.15) is 12.3 Å². The smallest absolute Gasteiger partial charge is 0.277 e. The molecule has 9 rings (SSSR count). The number of hydrogen-bond acceptors (Lipinski definition) is 8. The summed E-state index contributed by atoms with van der Waals surface area (Å²) in [6.07, 6.45) is -1.18. The number of carbonyl (C=O) groups excluding carboxylic acids is 2. The minimum atomic E-state index is -1.22. The first-order valence-electron chi connectivity index (χ1n) is 15.8. The lowest BCUT2D eigenvalue weighted by Gasteiger charge is -2.50. The number of nitro groups is 2. The van der Waals surface area contributed by atoms with Crippen LogP contribution in [-0.4, -0.2) is 62.0 Å². The number of fused-ring (bicyclic) bond motifs is 13. The Bertz CT molecular complexity index is 2490. The van der Waals surface area contributed by atoms with E-state index in [9.17, 15) is 29.8 Å². The van der Waals surface area contributed by atoms with Crippen LogP contribution >= 0.6 is 0 Å². The van der Waals surface area contributed by atoms with Gasteiger partial charge in [0.05, 0.1) is 55.1 Å². The number of benzene rings is 4. The van der Waals surface area contributed by atoms with Gasteiger partial charge in [0.2, 0.25) is 0 Å². The topological polar surface area (TPSA) is 164 Å². The first-order chi connectivity index (χ1) is 23.5. The highest BCUT2D eigenvalue weighted by Crippen LogP contribution is 2.54. The molecule has 0 radical (unpaired) electrons. The summed E-state index contributed by atoms with van der Waals surface area (Å²) in [6.45, 7) is 2.30. The molecule has 4 atom stereocenters. The number of methoxy groups -OCH3 is 1. The van der Waals surface area contributed by atoms with Crippen LogP contribution in [0.15, 0.2) is 66.7 Å². The van der Waals surface area contributed by atoms with Crippen molar-refractivity contribution in [2.24, 2.45) is 0 Å². The van der Waals surface area contributed by atoms with Gasteiger partial charge >= 0.3 is 0 Å². The molecule has 1 N–H and O–H groups in total. The van der Waals surface area contributed by atoms with Gasteiger partial charge < -0.3 is 28.8 Å². The van der Waals surface area contributed by atoms with E-state index in [2.05, 4.69) is 14.5 Å². The molecule has 1 fully saturated rings. The standard InChI is InChI=1S/C35H28N6O8/c1-35-32(48-3)25(37(2)34(43)17-12-18(40(44)45)14-19(13-17)41(46)47)15-26(49-35)38-23-10-6-4-8-20(23)28-29-22(16-36-33(29)42)27-21-9-5-7-11-24(21)39(35)31(27)30(28)38/h4-14,25-26,32H,15-16H2,1-3H3,(H,36,42)/t25-,26-,32-,35+/m0/s1. The van der Waals surface area contributed by atoms with Crippen LogP contribution in [0.1, 0.15) is 45.9 Å². The van der Waals surface area contributed by atoms with Crippen molar-refractivity contribution in [3.63, 3.8) is 0 Å². The molecule has 2 aromatic heterocycles. The predicted molar refractivity (Wildman–Crippen MR) is 178 cm³/mol. The molecule has 49 heavy (non-hydrogen) atoms. The van der Waals surface area contributed by atoms with E-state index in [1.165, 1.54) is 4.90 Å². The van der Waals surface area contributed by atoms with Crippen molar-refractivity contribution in [2.75, 3.05) is 14.2 Å². The molecule has 0 spiro atoms. The lowest BCUT2D eigenvalue weighted by Crippen LogP contribution is -2.61. The Morgan fingerprint density at radius 3 is 2.27 bits per heavy atom. The molecule has 5 heterocycles. The van der Waals surface area contributed by atoms with Gasteiger partial charge in [-0.1, -0.05) is 36.4 Å². The Morgan fingerprint density at radius 2 is 1.61 bits per heavy atom. The highest BCUT2D eigenvalue weighted by Gasteiger charge is 2.55. The Labute approximate surface area is 276 Å². The van der Waals surface area contributed by atoms with Crippen LogP contribution in [0.5, 0.6) is 0 Å². The fourth-order valence-electron chi connectivity index (χ4n) is 8.68. The Kier molecular flexibility index (Phi) is 5.88. The Hall–Kier alpha value is -5.86. The maximum Gasteiger partial charge on any atom is 0.277 e. The Morgan fingerprint density at radius 1 is 0.980 bits per heavy atom. The van der Waals surface area contributed by atoms with Crippen molar-refractivity contribution in [1.29, 1.82) is 0 Å². The lowest BCUT2D eigenvalue weighted by molar-refractivity contribution is -0.394. The van der Waals surface area contributed by atoms with Crippen molar-refractivity contribution >= 4 is 66.8 Å². The van der Waals surface area contributed by atoms with Crippen molar-refractivity contribution in [1.82, 2.24) is 19.4 Å². The molecule has 14 heteroatoms. The number of amides is 2. The molecule has 3 aliphatic rings. The summed E-state index contributed by atoms with van der Waals surface area (Å²) in [5.74, 6) is -0.778. The number of non-ortho nitro benzene ring substituents is 2. The number of carbonyl (C=O) groups is 2. The molecule has 0 aliphatic carbocycles. The second kappa shape index (κ2) is 9.84. The highest BCUT2D eigenvalue weighted by atomic mass is 16.6. The fraction of sp³-hybridized carbons (Fsp3) is 0.257. The first kappa shape index (κ1) is 29.3. The average molecular weight is 661 g/mol. The van der Waals surface area contributed by atoms with Crippen LogP contribution in [0.4, 0.5) is 11.4 Å². The predicted octanol–water partition coefficient (Wildman–Crippen LogP) is 5.72. The summed E-state index contributed by atoms with van der Waals surface area (Å²) in [5, 5.41) is 30.0. The number of para-hydroxylation sites is 2. The van der Waals surface area contributed by atoms with Gasteiger partial charge in [-0.25, -0.2) is 0 Å². The molecular formula is C35H28N6O8.